The molecule has 6 nitrogen and oxygen atoms in total. The van der Waals surface area contributed by atoms with E-state index in [0.717, 1.165) is 58.1 Å². The van der Waals surface area contributed by atoms with Crippen LogP contribution >= 0.6 is 35.7 Å². The Morgan fingerprint density at radius 2 is 1.90 bits per heavy atom. The number of guanidine groups is 1. The van der Waals surface area contributed by atoms with Crippen molar-refractivity contribution in [2.45, 2.75) is 32.7 Å². The van der Waals surface area contributed by atoms with Crippen molar-refractivity contribution in [2.75, 3.05) is 55.7 Å². The number of nitrogens with zero attached hydrogens (tertiary/aromatic N) is 3. The summed E-state index contributed by atoms with van der Waals surface area (Å²) in [6, 6.07) is 8.80. The first-order chi connectivity index (χ1) is 13.8. The lowest BCUT2D eigenvalue weighted by Crippen LogP contribution is -2.39. The van der Waals surface area contributed by atoms with Gasteiger partial charge in [0.15, 0.2) is 5.96 Å². The van der Waals surface area contributed by atoms with Gasteiger partial charge in [0.05, 0.1) is 6.54 Å². The number of benzene rings is 1. The number of carbonyl (C=O) groups is 1. The minimum Gasteiger partial charge on any atom is -0.370 e. The molecule has 8 heteroatoms. The number of aliphatic imine (C=N–C) groups is 1. The Kier molecular flexibility index (Phi) is 11.0. The lowest BCUT2D eigenvalue weighted by Gasteiger charge is -2.28. The second-order valence-electron chi connectivity index (χ2n) is 7.23. The predicted molar refractivity (Wildman–Crippen MR) is 135 cm³/mol. The van der Waals surface area contributed by atoms with Crippen molar-refractivity contribution in [1.29, 1.82) is 0 Å². The van der Waals surface area contributed by atoms with Gasteiger partial charge < -0.3 is 20.4 Å². The summed E-state index contributed by atoms with van der Waals surface area (Å²) < 4.78 is 0. The van der Waals surface area contributed by atoms with Gasteiger partial charge in [0.2, 0.25) is 5.91 Å². The number of nitrogens with one attached hydrogen (secondary N) is 2. The van der Waals surface area contributed by atoms with E-state index in [0.29, 0.717) is 18.9 Å². The molecule has 2 fully saturated rings. The van der Waals surface area contributed by atoms with Gasteiger partial charge in [-0.3, -0.25) is 4.79 Å². The third kappa shape index (κ3) is 7.88. The van der Waals surface area contributed by atoms with Crippen LogP contribution in [-0.4, -0.2) is 67.5 Å². The highest BCUT2D eigenvalue weighted by molar-refractivity contribution is 14.0. The van der Waals surface area contributed by atoms with E-state index in [1.807, 2.05) is 16.7 Å². The van der Waals surface area contributed by atoms with E-state index >= 15 is 0 Å². The fourth-order valence-corrected chi connectivity index (χ4v) is 4.47. The lowest BCUT2D eigenvalue weighted by atomic mass is 10.2. The van der Waals surface area contributed by atoms with E-state index in [1.54, 1.807) is 0 Å². The Balaban J connectivity index is 0.00000300. The maximum Gasteiger partial charge on any atom is 0.222 e. The van der Waals surface area contributed by atoms with Crippen LogP contribution in [0, 0.1) is 0 Å². The molecule has 1 amide bonds. The second kappa shape index (κ2) is 13.2. The first kappa shape index (κ1) is 24.1. The monoisotopic (exact) mass is 531 g/mol. The van der Waals surface area contributed by atoms with Crippen LogP contribution in [-0.2, 0) is 11.3 Å². The molecule has 3 rings (SSSR count). The molecule has 2 saturated heterocycles. The van der Waals surface area contributed by atoms with Gasteiger partial charge >= 0.3 is 0 Å². The maximum absolute atomic E-state index is 11.7. The van der Waals surface area contributed by atoms with Gasteiger partial charge in [-0.2, -0.15) is 11.8 Å². The maximum atomic E-state index is 11.7. The first-order valence-electron chi connectivity index (χ1n) is 10.5. The van der Waals surface area contributed by atoms with Crippen LogP contribution in [0.5, 0.6) is 0 Å². The highest BCUT2D eigenvalue weighted by Crippen LogP contribution is 2.20. The summed E-state index contributed by atoms with van der Waals surface area (Å²) in [5.74, 6) is 3.57. The molecule has 0 unspecified atom stereocenters. The average Bonchev–Trinajstić information content (AvgIpc) is 3.15. The van der Waals surface area contributed by atoms with Crippen molar-refractivity contribution in [3.05, 3.63) is 29.8 Å². The fourth-order valence-electron chi connectivity index (χ4n) is 3.56. The Hall–Kier alpha value is -1.16. The molecule has 29 heavy (non-hydrogen) atoms. The summed E-state index contributed by atoms with van der Waals surface area (Å²) in [5, 5.41) is 6.68. The molecule has 0 aromatic heterocycles. The molecule has 0 bridgehead atoms. The van der Waals surface area contributed by atoms with Gasteiger partial charge in [0.25, 0.3) is 0 Å². The molecule has 1 aromatic rings. The van der Waals surface area contributed by atoms with Crippen molar-refractivity contribution >= 4 is 53.3 Å². The summed E-state index contributed by atoms with van der Waals surface area (Å²) in [7, 11) is 0. The summed E-state index contributed by atoms with van der Waals surface area (Å²) in [4.78, 5) is 20.8. The highest BCUT2D eigenvalue weighted by Gasteiger charge is 2.18. The predicted octanol–water partition coefficient (Wildman–Crippen LogP) is 2.93. The summed E-state index contributed by atoms with van der Waals surface area (Å²) in [6.07, 6.45) is 2.66. The van der Waals surface area contributed by atoms with Crippen LogP contribution in [0.4, 0.5) is 5.69 Å². The molecule has 0 spiro atoms. The average molecular weight is 532 g/mol. The molecule has 2 aliphatic rings. The molecule has 2 N–H and O–H groups in total. The summed E-state index contributed by atoms with van der Waals surface area (Å²) >= 11 is 2.03. The number of anilines is 1. The van der Waals surface area contributed by atoms with Gasteiger partial charge in [-0.05, 0) is 37.5 Å². The smallest absolute Gasteiger partial charge is 0.222 e. The van der Waals surface area contributed by atoms with E-state index < -0.39 is 0 Å². The third-order valence-electron chi connectivity index (χ3n) is 5.15. The van der Waals surface area contributed by atoms with Crippen LogP contribution in [0.15, 0.2) is 29.3 Å². The molecule has 2 heterocycles. The third-order valence-corrected chi connectivity index (χ3v) is 6.09. The fraction of sp³-hybridized carbons (Fsp3) is 0.619. The van der Waals surface area contributed by atoms with Crippen molar-refractivity contribution < 1.29 is 4.79 Å². The van der Waals surface area contributed by atoms with Gasteiger partial charge in [0.1, 0.15) is 0 Å². The van der Waals surface area contributed by atoms with Gasteiger partial charge in [-0.15, -0.1) is 24.0 Å². The number of hydrogen-bond acceptors (Lipinski definition) is 4. The summed E-state index contributed by atoms with van der Waals surface area (Å²) in [5.41, 5.74) is 2.53. The normalized spacial score (nSPS) is 17.3. The largest absolute Gasteiger partial charge is 0.370 e. The number of likely N-dealkylation sites (tertiary alicyclic amines) is 1. The minimum atomic E-state index is 0. The first-order valence-corrected chi connectivity index (χ1v) is 11.6. The topological polar surface area (TPSA) is 60.0 Å². The number of rotatable bonds is 8. The van der Waals surface area contributed by atoms with Crippen LogP contribution < -0.4 is 15.5 Å². The zero-order valence-electron chi connectivity index (χ0n) is 17.4. The molecule has 0 saturated carbocycles. The SMILES string of the molecule is CCNC(=NCc1ccc(N2CCSCC2)cc1)NCCCN1CCCC1=O.I. The molecule has 2 aliphatic heterocycles. The van der Waals surface area contributed by atoms with Gasteiger partial charge in [-0.1, -0.05) is 12.1 Å². The van der Waals surface area contributed by atoms with E-state index in [-0.39, 0.29) is 24.0 Å². The number of thioether (sulfide) groups is 1. The lowest BCUT2D eigenvalue weighted by molar-refractivity contribution is -0.127. The standard InChI is InChI=1S/C21H33N5OS.HI/c1-2-22-21(23-10-4-12-26-11-3-5-20(26)27)24-17-18-6-8-19(9-7-18)25-13-15-28-16-14-25;/h6-9H,2-5,10-17H2,1H3,(H2,22,23,24);1H. The zero-order valence-corrected chi connectivity index (χ0v) is 20.5. The van der Waals surface area contributed by atoms with Crippen LogP contribution in [0.25, 0.3) is 0 Å². The molecular weight excluding hydrogens is 497 g/mol. The molecule has 0 radical (unpaired) electrons. The van der Waals surface area contributed by atoms with Crippen LogP contribution in [0.1, 0.15) is 31.7 Å². The number of halogens is 1. The Morgan fingerprint density at radius 1 is 1.14 bits per heavy atom. The molecule has 162 valence electrons. The van der Waals surface area contributed by atoms with E-state index in [1.165, 1.54) is 22.8 Å². The van der Waals surface area contributed by atoms with Crippen LogP contribution in [0.3, 0.4) is 0 Å². The van der Waals surface area contributed by atoms with Crippen LogP contribution in [0.2, 0.25) is 0 Å². The van der Waals surface area contributed by atoms with Crippen molar-refractivity contribution in [2.24, 2.45) is 4.99 Å². The van der Waals surface area contributed by atoms with E-state index in [9.17, 15) is 4.79 Å². The minimum absolute atomic E-state index is 0. The summed E-state index contributed by atoms with van der Waals surface area (Å²) in [6.45, 7) is 8.42. The van der Waals surface area contributed by atoms with Crippen molar-refractivity contribution in [1.82, 2.24) is 15.5 Å². The van der Waals surface area contributed by atoms with E-state index in [2.05, 4.69) is 46.7 Å². The Morgan fingerprint density at radius 3 is 2.55 bits per heavy atom. The Bertz CT molecular complexity index is 649. The number of amides is 1. The van der Waals surface area contributed by atoms with Crippen molar-refractivity contribution in [3.63, 3.8) is 0 Å². The molecule has 0 atom stereocenters. The van der Waals surface area contributed by atoms with Crippen molar-refractivity contribution in [3.8, 4) is 0 Å². The van der Waals surface area contributed by atoms with E-state index in [4.69, 9.17) is 4.99 Å². The highest BCUT2D eigenvalue weighted by atomic mass is 127. The molecule has 0 aliphatic carbocycles. The Labute approximate surface area is 196 Å². The number of carbonyl (C=O) groups excluding carboxylic acids is 1. The second-order valence-corrected chi connectivity index (χ2v) is 8.45. The quantitative estimate of drug-likeness (QED) is 0.234. The van der Waals surface area contributed by atoms with Gasteiger partial charge in [-0.25, -0.2) is 4.99 Å². The number of hydrogen-bond donors (Lipinski definition) is 2. The van der Waals surface area contributed by atoms with Gasteiger partial charge in [0, 0.05) is 62.9 Å². The molecule has 1 aromatic carbocycles. The molecular formula is C21H34IN5OS. The zero-order chi connectivity index (χ0) is 19.6.